The molecule has 6 rings (SSSR count). The molecule has 0 saturated carbocycles. The smallest absolute Gasteiger partial charge is 0.338 e. The Hall–Kier alpha value is -4.20. The summed E-state index contributed by atoms with van der Waals surface area (Å²) in [4.78, 5) is 32.9. The van der Waals surface area contributed by atoms with Gasteiger partial charge in [0.1, 0.15) is 6.04 Å². The number of rotatable bonds is 6. The van der Waals surface area contributed by atoms with Crippen LogP contribution in [-0.4, -0.2) is 21.2 Å². The van der Waals surface area contributed by atoms with Gasteiger partial charge in [-0.05, 0) is 64.0 Å². The molecule has 43 heavy (non-hydrogen) atoms. The highest BCUT2D eigenvalue weighted by atomic mass is 35.5. The summed E-state index contributed by atoms with van der Waals surface area (Å²) in [6, 6.07) is 23.3. The van der Waals surface area contributed by atoms with E-state index in [0.717, 1.165) is 28.7 Å². The summed E-state index contributed by atoms with van der Waals surface area (Å²) in [5, 5.41) is 1.53. The van der Waals surface area contributed by atoms with Crippen LogP contribution < -0.4 is 14.9 Å². The molecule has 2 aromatic heterocycles. The van der Waals surface area contributed by atoms with E-state index >= 15 is 0 Å². The minimum absolute atomic E-state index is 0.231. The number of nitrogens with zero attached hydrogens (tertiary/aromatic N) is 3. The summed E-state index contributed by atoms with van der Waals surface area (Å²) in [5.41, 5.74) is 6.81. The maximum absolute atomic E-state index is 14.3. The fourth-order valence-corrected chi connectivity index (χ4v) is 7.09. The molecule has 3 aromatic carbocycles. The minimum Gasteiger partial charge on any atom is -0.459 e. The van der Waals surface area contributed by atoms with E-state index in [1.165, 1.54) is 22.5 Å². The fourth-order valence-electron chi connectivity index (χ4n) is 5.82. The topological polar surface area (TPSA) is 65.6 Å². The van der Waals surface area contributed by atoms with E-state index in [2.05, 4.69) is 54.8 Å². The second-order valence-electron chi connectivity index (χ2n) is 11.1. The van der Waals surface area contributed by atoms with Crippen LogP contribution in [0.25, 0.3) is 17.0 Å². The number of esters is 1. The SMILES string of the molecule is CC1=C(C(=O)OC(C)C)C(c2ccccc2Cl)n2c(sc(=Cc3c(C)n(Cc4cccc(C)c4)c4ccccc34)c2=O)=N1. The van der Waals surface area contributed by atoms with Crippen molar-refractivity contribution in [3.05, 3.63) is 137 Å². The second-order valence-corrected chi connectivity index (χ2v) is 12.6. The number of allylic oxidation sites excluding steroid dienone is 1. The van der Waals surface area contributed by atoms with Crippen LogP contribution in [0.3, 0.4) is 0 Å². The van der Waals surface area contributed by atoms with Gasteiger partial charge in [0.15, 0.2) is 4.80 Å². The molecule has 1 unspecified atom stereocenters. The molecule has 5 aromatic rings. The Kier molecular flexibility index (Phi) is 7.71. The van der Waals surface area contributed by atoms with Crippen molar-refractivity contribution in [2.45, 2.75) is 53.3 Å². The number of benzene rings is 3. The number of aromatic nitrogens is 2. The van der Waals surface area contributed by atoms with E-state index < -0.39 is 12.0 Å². The van der Waals surface area contributed by atoms with Gasteiger partial charge in [-0.3, -0.25) is 9.36 Å². The quantitative estimate of drug-likeness (QED) is 0.208. The molecule has 6 nitrogen and oxygen atoms in total. The molecule has 1 aliphatic rings. The number of hydrogen-bond acceptors (Lipinski definition) is 5. The number of carbonyl (C=O) groups excluding carboxylic acids is 1. The number of carbonyl (C=O) groups is 1. The van der Waals surface area contributed by atoms with Crippen molar-refractivity contribution in [2.24, 2.45) is 4.99 Å². The standard InChI is InChI=1S/C35H32ClN3O3S/c1-20(2)42-34(41)31-22(4)37-35-39(32(31)26-14-6-8-15-28(26)36)33(40)30(43-35)18-27-23(5)38(29-16-9-7-13-25(27)29)19-24-12-10-11-21(3)17-24/h6-18,20,32H,19H2,1-5H3. The van der Waals surface area contributed by atoms with Gasteiger partial charge in [-0.15, -0.1) is 0 Å². The van der Waals surface area contributed by atoms with Gasteiger partial charge in [-0.2, -0.15) is 0 Å². The molecule has 0 aliphatic carbocycles. The zero-order valence-corrected chi connectivity index (χ0v) is 26.3. The molecular weight excluding hydrogens is 578 g/mol. The van der Waals surface area contributed by atoms with E-state index in [9.17, 15) is 9.59 Å². The van der Waals surface area contributed by atoms with Crippen LogP contribution in [-0.2, 0) is 16.1 Å². The summed E-state index contributed by atoms with van der Waals surface area (Å²) >= 11 is 7.99. The predicted octanol–water partition coefficient (Wildman–Crippen LogP) is 6.46. The zero-order valence-electron chi connectivity index (χ0n) is 24.7. The third kappa shape index (κ3) is 5.28. The monoisotopic (exact) mass is 609 g/mol. The van der Waals surface area contributed by atoms with Gasteiger partial charge in [-0.1, -0.05) is 89.2 Å². The first kappa shape index (κ1) is 28.9. The Morgan fingerprint density at radius 2 is 1.79 bits per heavy atom. The van der Waals surface area contributed by atoms with Crippen molar-refractivity contribution in [1.29, 1.82) is 0 Å². The molecule has 0 saturated heterocycles. The first-order valence-electron chi connectivity index (χ1n) is 14.3. The molecule has 0 radical (unpaired) electrons. The molecule has 0 amide bonds. The summed E-state index contributed by atoms with van der Waals surface area (Å²) < 4.78 is 10.0. The Morgan fingerprint density at radius 1 is 1.05 bits per heavy atom. The van der Waals surface area contributed by atoms with Gasteiger partial charge >= 0.3 is 5.97 Å². The van der Waals surface area contributed by atoms with Crippen LogP contribution in [0.15, 0.2) is 93.9 Å². The van der Waals surface area contributed by atoms with E-state index in [1.54, 1.807) is 31.4 Å². The first-order valence-corrected chi connectivity index (χ1v) is 15.4. The zero-order chi connectivity index (χ0) is 30.4. The molecule has 3 heterocycles. The number of para-hydroxylation sites is 1. The molecule has 0 N–H and O–H groups in total. The highest BCUT2D eigenvalue weighted by molar-refractivity contribution is 7.07. The third-order valence-corrected chi connectivity index (χ3v) is 9.09. The number of hydrogen-bond donors (Lipinski definition) is 0. The highest BCUT2D eigenvalue weighted by Gasteiger charge is 2.35. The average molecular weight is 610 g/mol. The Balaban J connectivity index is 1.55. The Bertz CT molecular complexity index is 2120. The molecular formula is C35H32ClN3O3S. The number of halogens is 1. The van der Waals surface area contributed by atoms with Crippen LogP contribution in [0.4, 0.5) is 0 Å². The van der Waals surface area contributed by atoms with Gasteiger partial charge < -0.3 is 9.30 Å². The predicted molar refractivity (Wildman–Crippen MR) is 173 cm³/mol. The van der Waals surface area contributed by atoms with Gasteiger partial charge in [0.25, 0.3) is 5.56 Å². The lowest BCUT2D eigenvalue weighted by Crippen LogP contribution is -2.40. The minimum atomic E-state index is -0.762. The number of fused-ring (bicyclic) bond motifs is 2. The van der Waals surface area contributed by atoms with Crippen molar-refractivity contribution in [3.8, 4) is 0 Å². The maximum atomic E-state index is 14.3. The second kappa shape index (κ2) is 11.5. The highest BCUT2D eigenvalue weighted by Crippen LogP contribution is 2.35. The average Bonchev–Trinajstić information content (AvgIpc) is 3.41. The van der Waals surface area contributed by atoms with E-state index in [1.807, 2.05) is 36.4 Å². The summed E-state index contributed by atoms with van der Waals surface area (Å²) in [5.74, 6) is -0.509. The van der Waals surface area contributed by atoms with Crippen LogP contribution >= 0.6 is 22.9 Å². The molecule has 1 aliphatic heterocycles. The molecule has 8 heteroatoms. The molecule has 1 atom stereocenters. The van der Waals surface area contributed by atoms with Crippen molar-refractivity contribution in [2.75, 3.05) is 0 Å². The van der Waals surface area contributed by atoms with Crippen LogP contribution in [0, 0.1) is 13.8 Å². The molecule has 218 valence electrons. The van der Waals surface area contributed by atoms with Crippen LogP contribution in [0.2, 0.25) is 5.02 Å². The maximum Gasteiger partial charge on any atom is 0.338 e. The van der Waals surface area contributed by atoms with Crippen LogP contribution in [0.1, 0.15) is 54.8 Å². The lowest BCUT2D eigenvalue weighted by Gasteiger charge is -2.26. The van der Waals surface area contributed by atoms with E-state index in [-0.39, 0.29) is 11.7 Å². The van der Waals surface area contributed by atoms with Crippen molar-refractivity contribution < 1.29 is 9.53 Å². The van der Waals surface area contributed by atoms with Crippen molar-refractivity contribution in [3.63, 3.8) is 0 Å². The third-order valence-electron chi connectivity index (χ3n) is 7.76. The van der Waals surface area contributed by atoms with Gasteiger partial charge in [-0.25, -0.2) is 9.79 Å². The lowest BCUT2D eigenvalue weighted by atomic mass is 9.96. The van der Waals surface area contributed by atoms with Gasteiger partial charge in [0.2, 0.25) is 0 Å². The largest absolute Gasteiger partial charge is 0.459 e. The number of ether oxygens (including phenoxy) is 1. The number of thiazole rings is 1. The molecule has 0 fully saturated rings. The summed E-state index contributed by atoms with van der Waals surface area (Å²) in [6.45, 7) is 10.3. The van der Waals surface area contributed by atoms with Gasteiger partial charge in [0.05, 0.1) is 21.9 Å². The van der Waals surface area contributed by atoms with Crippen molar-refractivity contribution in [1.82, 2.24) is 9.13 Å². The lowest BCUT2D eigenvalue weighted by molar-refractivity contribution is -0.143. The van der Waals surface area contributed by atoms with E-state index in [0.29, 0.717) is 31.2 Å². The van der Waals surface area contributed by atoms with Crippen molar-refractivity contribution >= 4 is 45.9 Å². The first-order chi connectivity index (χ1) is 20.6. The summed E-state index contributed by atoms with van der Waals surface area (Å²) in [7, 11) is 0. The Labute approximate surface area is 258 Å². The molecule has 0 spiro atoms. The van der Waals surface area contributed by atoms with Gasteiger partial charge in [0, 0.05) is 33.7 Å². The normalized spacial score (nSPS) is 15.2. The Morgan fingerprint density at radius 3 is 2.53 bits per heavy atom. The number of aryl methyl sites for hydroxylation is 1. The van der Waals surface area contributed by atoms with Crippen LogP contribution in [0.5, 0.6) is 0 Å². The fraction of sp³-hybridized carbons (Fsp3) is 0.229. The molecule has 0 bridgehead atoms. The summed E-state index contributed by atoms with van der Waals surface area (Å²) in [6.07, 6.45) is 1.63. The van der Waals surface area contributed by atoms with E-state index in [4.69, 9.17) is 21.3 Å².